The summed E-state index contributed by atoms with van der Waals surface area (Å²) in [5, 5.41) is 0. The molecule has 1 atom stereocenters. The van der Waals surface area contributed by atoms with Crippen molar-refractivity contribution in [2.75, 3.05) is 19.0 Å². The molecule has 0 radical (unpaired) electrons. The van der Waals surface area contributed by atoms with Crippen molar-refractivity contribution in [3.05, 3.63) is 29.3 Å². The lowest BCUT2D eigenvalue weighted by Gasteiger charge is -2.09. The molecule has 0 N–H and O–H groups in total. The molecule has 3 rings (SSSR count). The second-order valence-electron chi connectivity index (χ2n) is 5.57. The van der Waals surface area contributed by atoms with Crippen LogP contribution in [0.5, 0.6) is 0 Å². The van der Waals surface area contributed by atoms with Crippen molar-refractivity contribution >= 4 is 15.6 Å². The van der Waals surface area contributed by atoms with Crippen molar-refractivity contribution < 1.29 is 17.9 Å². The monoisotopic (exact) mass is 294 g/mol. The number of carbonyl (C=O) groups excluding carboxylic acids is 1. The summed E-state index contributed by atoms with van der Waals surface area (Å²) in [4.78, 5) is 12.3. The number of Topliss-reactive ketones (excluding diaryl/α,β-unsaturated/α-hetero) is 1. The Bertz CT molecular complexity index is 627. The van der Waals surface area contributed by atoms with Gasteiger partial charge in [0.25, 0.3) is 0 Å². The number of rotatable bonds is 4. The summed E-state index contributed by atoms with van der Waals surface area (Å²) >= 11 is 0. The smallest absolute Gasteiger partial charge is 0.185 e. The zero-order valence-corrected chi connectivity index (χ0v) is 12.1. The van der Waals surface area contributed by atoms with Crippen molar-refractivity contribution in [3.63, 3.8) is 0 Å². The van der Waals surface area contributed by atoms with Gasteiger partial charge in [0.15, 0.2) is 15.6 Å². The van der Waals surface area contributed by atoms with Gasteiger partial charge in [0, 0.05) is 12.5 Å². The van der Waals surface area contributed by atoms with Crippen LogP contribution in [0.4, 0.5) is 0 Å². The molecule has 20 heavy (non-hydrogen) atoms. The lowest BCUT2D eigenvalue weighted by molar-refractivity contribution is -0.120. The lowest BCUT2D eigenvalue weighted by atomic mass is 10.1. The van der Waals surface area contributed by atoms with Gasteiger partial charge in [-0.15, -0.1) is 0 Å². The van der Waals surface area contributed by atoms with Crippen LogP contribution in [0.2, 0.25) is 0 Å². The Balaban J connectivity index is 1.79. The van der Waals surface area contributed by atoms with E-state index in [9.17, 15) is 13.2 Å². The zero-order valence-electron chi connectivity index (χ0n) is 11.3. The Morgan fingerprint density at radius 3 is 2.80 bits per heavy atom. The van der Waals surface area contributed by atoms with Crippen molar-refractivity contribution in [3.8, 4) is 0 Å². The SMILES string of the molecule is O=C(CS(=O)(=O)c1ccc2c(c1)CCC2)C1CCOC1. The normalized spacial score (nSPS) is 21.9. The van der Waals surface area contributed by atoms with Gasteiger partial charge in [-0.25, -0.2) is 8.42 Å². The zero-order chi connectivity index (χ0) is 14.2. The molecule has 108 valence electrons. The minimum absolute atomic E-state index is 0.219. The fraction of sp³-hybridized carbons (Fsp3) is 0.533. The Hall–Kier alpha value is -1.20. The molecule has 1 aromatic carbocycles. The van der Waals surface area contributed by atoms with Crippen LogP contribution in [0, 0.1) is 5.92 Å². The van der Waals surface area contributed by atoms with E-state index in [2.05, 4.69) is 0 Å². The van der Waals surface area contributed by atoms with Crippen molar-refractivity contribution in [1.82, 2.24) is 0 Å². The fourth-order valence-corrected chi connectivity index (χ4v) is 4.29. The number of fused-ring (bicyclic) bond motifs is 1. The van der Waals surface area contributed by atoms with Crippen LogP contribution in [0.25, 0.3) is 0 Å². The van der Waals surface area contributed by atoms with Gasteiger partial charge in [0.2, 0.25) is 0 Å². The van der Waals surface area contributed by atoms with E-state index in [-0.39, 0.29) is 16.6 Å². The first-order chi connectivity index (χ1) is 9.56. The third-order valence-corrected chi connectivity index (χ3v) is 5.78. The average molecular weight is 294 g/mol. The van der Waals surface area contributed by atoms with E-state index in [0.717, 1.165) is 24.8 Å². The maximum atomic E-state index is 12.3. The lowest BCUT2D eigenvalue weighted by Crippen LogP contribution is -2.24. The quantitative estimate of drug-likeness (QED) is 0.845. The van der Waals surface area contributed by atoms with Gasteiger partial charge >= 0.3 is 0 Å². The molecular formula is C15H18O4S. The highest BCUT2D eigenvalue weighted by Gasteiger charge is 2.29. The van der Waals surface area contributed by atoms with Gasteiger partial charge in [0.1, 0.15) is 5.75 Å². The highest BCUT2D eigenvalue weighted by molar-refractivity contribution is 7.92. The summed E-state index contributed by atoms with van der Waals surface area (Å²) < 4.78 is 29.8. The molecule has 2 aliphatic rings. The number of hydrogen-bond acceptors (Lipinski definition) is 4. The largest absolute Gasteiger partial charge is 0.381 e. The summed E-state index contributed by atoms with van der Waals surface area (Å²) in [7, 11) is -3.52. The van der Waals surface area contributed by atoms with Gasteiger partial charge in [-0.3, -0.25) is 4.79 Å². The Morgan fingerprint density at radius 1 is 1.25 bits per heavy atom. The molecule has 1 saturated heterocycles. The van der Waals surface area contributed by atoms with Crippen LogP contribution >= 0.6 is 0 Å². The first-order valence-corrected chi connectivity index (χ1v) is 8.66. The molecule has 1 aliphatic carbocycles. The van der Waals surface area contributed by atoms with Gasteiger partial charge < -0.3 is 4.74 Å². The van der Waals surface area contributed by atoms with Gasteiger partial charge in [-0.1, -0.05) is 6.07 Å². The molecule has 1 aromatic rings. The van der Waals surface area contributed by atoms with Crippen LogP contribution in [-0.2, 0) is 32.2 Å². The van der Waals surface area contributed by atoms with Crippen LogP contribution in [0.15, 0.2) is 23.1 Å². The molecule has 0 amide bonds. The number of ether oxygens (including phenoxy) is 1. The molecule has 1 aliphatic heterocycles. The molecule has 4 nitrogen and oxygen atoms in total. The number of sulfone groups is 1. The van der Waals surface area contributed by atoms with E-state index < -0.39 is 15.6 Å². The summed E-state index contributed by atoms with van der Waals surface area (Å²) in [6.07, 6.45) is 3.67. The molecular weight excluding hydrogens is 276 g/mol. The third-order valence-electron chi connectivity index (χ3n) is 4.15. The van der Waals surface area contributed by atoms with E-state index in [0.29, 0.717) is 19.6 Å². The number of aryl methyl sites for hydroxylation is 2. The molecule has 5 heteroatoms. The second kappa shape index (κ2) is 5.30. The number of hydrogen-bond donors (Lipinski definition) is 0. The fourth-order valence-electron chi connectivity index (χ4n) is 2.92. The van der Waals surface area contributed by atoms with Crippen molar-refractivity contribution in [2.45, 2.75) is 30.6 Å². The Kier molecular flexibility index (Phi) is 3.65. The van der Waals surface area contributed by atoms with E-state index in [1.165, 1.54) is 5.56 Å². The maximum absolute atomic E-state index is 12.3. The molecule has 0 aromatic heterocycles. The maximum Gasteiger partial charge on any atom is 0.185 e. The number of carbonyl (C=O) groups is 1. The third kappa shape index (κ3) is 2.65. The van der Waals surface area contributed by atoms with Crippen LogP contribution in [0.1, 0.15) is 24.0 Å². The molecule has 0 bridgehead atoms. The van der Waals surface area contributed by atoms with E-state index in [1.807, 2.05) is 6.07 Å². The summed E-state index contributed by atoms with van der Waals surface area (Å²) in [5.74, 6) is -0.873. The average Bonchev–Trinajstić information content (AvgIpc) is 3.08. The highest BCUT2D eigenvalue weighted by Crippen LogP contribution is 2.26. The van der Waals surface area contributed by atoms with Gasteiger partial charge in [-0.2, -0.15) is 0 Å². The molecule has 1 heterocycles. The van der Waals surface area contributed by atoms with Crippen LogP contribution < -0.4 is 0 Å². The van der Waals surface area contributed by atoms with E-state index >= 15 is 0 Å². The second-order valence-corrected chi connectivity index (χ2v) is 7.56. The van der Waals surface area contributed by atoms with Gasteiger partial charge in [0.05, 0.1) is 11.5 Å². The molecule has 1 fully saturated rings. The predicted octanol–water partition coefficient (Wildman–Crippen LogP) is 1.55. The molecule has 1 unspecified atom stereocenters. The van der Waals surface area contributed by atoms with Crippen LogP contribution in [-0.4, -0.2) is 33.2 Å². The number of ketones is 1. The minimum atomic E-state index is -3.52. The van der Waals surface area contributed by atoms with E-state index in [1.54, 1.807) is 12.1 Å². The Labute approximate surface area is 119 Å². The number of benzene rings is 1. The summed E-state index contributed by atoms with van der Waals surface area (Å²) in [6, 6.07) is 5.27. The summed E-state index contributed by atoms with van der Waals surface area (Å²) in [6.45, 7) is 0.911. The first kappa shape index (κ1) is 13.8. The topological polar surface area (TPSA) is 60.4 Å². The Morgan fingerprint density at radius 2 is 2.05 bits per heavy atom. The predicted molar refractivity (Wildman–Crippen MR) is 74.5 cm³/mol. The standard InChI is InChI=1S/C15H18O4S/c16-15(13-6-7-19-9-13)10-20(17,18)14-5-4-11-2-1-3-12(11)8-14/h4-5,8,13H,1-3,6-7,9-10H2. The van der Waals surface area contributed by atoms with Crippen LogP contribution in [0.3, 0.4) is 0 Å². The summed E-state index contributed by atoms with van der Waals surface area (Å²) in [5.41, 5.74) is 2.35. The van der Waals surface area contributed by atoms with Gasteiger partial charge in [-0.05, 0) is 48.9 Å². The molecule has 0 saturated carbocycles. The van der Waals surface area contributed by atoms with E-state index in [4.69, 9.17) is 4.74 Å². The highest BCUT2D eigenvalue weighted by atomic mass is 32.2. The van der Waals surface area contributed by atoms with Crippen molar-refractivity contribution in [2.24, 2.45) is 5.92 Å². The minimum Gasteiger partial charge on any atom is -0.381 e. The van der Waals surface area contributed by atoms with Crippen molar-refractivity contribution in [1.29, 1.82) is 0 Å². The molecule has 0 spiro atoms. The first-order valence-electron chi connectivity index (χ1n) is 7.01.